The van der Waals surface area contributed by atoms with Crippen molar-refractivity contribution < 1.29 is 9.47 Å². The van der Waals surface area contributed by atoms with Gasteiger partial charge in [0.15, 0.2) is 0 Å². The second-order valence-corrected chi connectivity index (χ2v) is 7.39. The maximum atomic E-state index is 6.04. The minimum atomic E-state index is 0.321. The summed E-state index contributed by atoms with van der Waals surface area (Å²) in [6.45, 7) is 4.31. The van der Waals surface area contributed by atoms with Gasteiger partial charge in [-0.3, -0.25) is 9.89 Å². The van der Waals surface area contributed by atoms with Gasteiger partial charge in [-0.25, -0.2) is 4.98 Å². The number of nitrogens with zero attached hydrogens (tertiary/aromatic N) is 3. The Labute approximate surface area is 170 Å². The minimum Gasteiger partial charge on any atom is -0.457 e. The van der Waals surface area contributed by atoms with Gasteiger partial charge in [0.25, 0.3) is 0 Å². The number of allylic oxidation sites excluding steroid dienone is 1. The van der Waals surface area contributed by atoms with Crippen molar-refractivity contribution >= 4 is 22.8 Å². The first kappa shape index (κ1) is 19.4. The van der Waals surface area contributed by atoms with Crippen molar-refractivity contribution in [2.24, 2.45) is 4.99 Å². The zero-order valence-electron chi connectivity index (χ0n) is 17.1. The highest BCUT2D eigenvalue weighted by Gasteiger charge is 2.12. The molecule has 0 unspecified atom stereocenters. The molecule has 0 radical (unpaired) electrons. The van der Waals surface area contributed by atoms with Crippen LogP contribution in [0.3, 0.4) is 0 Å². The van der Waals surface area contributed by atoms with Crippen LogP contribution in [0.4, 0.5) is 0 Å². The molecular weight excluding hydrogens is 364 g/mol. The number of benzene rings is 2. The van der Waals surface area contributed by atoms with E-state index in [2.05, 4.69) is 46.0 Å². The molecule has 1 aromatic heterocycles. The number of H-pyrrole nitrogens is 1. The average molecular weight is 390 g/mol. The topological polar surface area (TPSA) is 62.7 Å². The standard InChI is InChI=1S/C23H26N4O2/c1-16(15-28-3)27(2)14-23-25-21-9-8-20(12-22(21)26-23)29-19-6-4-17(5-7-19)18-10-11-24-13-18/h4-12,16H,13-15H2,1-3H3,(H,25,26)/t16-/m0/s1. The molecular formula is C23H26N4O2. The molecule has 0 aliphatic carbocycles. The van der Waals surface area contributed by atoms with Gasteiger partial charge in [0.2, 0.25) is 0 Å². The molecule has 0 saturated carbocycles. The van der Waals surface area contributed by atoms with Crippen LogP contribution in [0, 0.1) is 0 Å². The zero-order valence-corrected chi connectivity index (χ0v) is 17.1. The van der Waals surface area contributed by atoms with E-state index in [9.17, 15) is 0 Å². The Morgan fingerprint density at radius 2 is 1.93 bits per heavy atom. The smallest absolute Gasteiger partial charge is 0.129 e. The highest BCUT2D eigenvalue weighted by atomic mass is 16.5. The molecule has 1 N–H and O–H groups in total. The molecule has 1 atom stereocenters. The van der Waals surface area contributed by atoms with Gasteiger partial charge in [-0.2, -0.15) is 0 Å². The molecule has 4 rings (SSSR count). The summed E-state index contributed by atoms with van der Waals surface area (Å²) in [4.78, 5) is 14.5. The van der Waals surface area contributed by atoms with Crippen molar-refractivity contribution in [3.8, 4) is 11.5 Å². The van der Waals surface area contributed by atoms with E-state index >= 15 is 0 Å². The van der Waals surface area contributed by atoms with E-state index in [1.54, 1.807) is 7.11 Å². The van der Waals surface area contributed by atoms with Gasteiger partial charge in [0.1, 0.15) is 17.3 Å². The van der Waals surface area contributed by atoms with Gasteiger partial charge in [-0.05, 0) is 55.4 Å². The highest BCUT2D eigenvalue weighted by Crippen LogP contribution is 2.27. The third-order valence-corrected chi connectivity index (χ3v) is 5.17. The summed E-state index contributed by atoms with van der Waals surface area (Å²) in [5, 5.41) is 0. The molecule has 1 aliphatic heterocycles. The van der Waals surface area contributed by atoms with Crippen molar-refractivity contribution in [3.63, 3.8) is 0 Å². The van der Waals surface area contributed by atoms with Crippen molar-refractivity contribution in [1.29, 1.82) is 0 Å². The zero-order chi connectivity index (χ0) is 20.2. The Kier molecular flexibility index (Phi) is 5.74. The third-order valence-electron chi connectivity index (χ3n) is 5.17. The molecule has 2 aromatic carbocycles. The van der Waals surface area contributed by atoms with Crippen LogP contribution in [0.15, 0.2) is 53.5 Å². The molecule has 0 bridgehead atoms. The van der Waals surface area contributed by atoms with E-state index in [0.717, 1.165) is 41.4 Å². The molecule has 0 amide bonds. The maximum absolute atomic E-state index is 6.04. The van der Waals surface area contributed by atoms with E-state index in [-0.39, 0.29) is 0 Å². The summed E-state index contributed by atoms with van der Waals surface area (Å²) < 4.78 is 11.3. The van der Waals surface area contributed by atoms with Crippen LogP contribution in [0.25, 0.3) is 16.6 Å². The summed E-state index contributed by atoms with van der Waals surface area (Å²) in [5.41, 5.74) is 4.31. The van der Waals surface area contributed by atoms with Gasteiger partial charge in [0.05, 0.1) is 30.7 Å². The first-order chi connectivity index (χ1) is 14.1. The van der Waals surface area contributed by atoms with E-state index in [4.69, 9.17) is 9.47 Å². The van der Waals surface area contributed by atoms with Crippen molar-refractivity contribution in [3.05, 3.63) is 59.9 Å². The number of aliphatic imine (C=N–C) groups is 1. The lowest BCUT2D eigenvalue weighted by Crippen LogP contribution is -2.32. The lowest BCUT2D eigenvalue weighted by atomic mass is 10.1. The predicted molar refractivity (Wildman–Crippen MR) is 117 cm³/mol. The highest BCUT2D eigenvalue weighted by molar-refractivity contribution is 5.89. The van der Waals surface area contributed by atoms with Gasteiger partial charge in [-0.1, -0.05) is 12.1 Å². The quantitative estimate of drug-likeness (QED) is 0.623. The molecule has 1 aliphatic rings. The Morgan fingerprint density at radius 3 is 2.66 bits per heavy atom. The van der Waals surface area contributed by atoms with Crippen LogP contribution in [0.2, 0.25) is 0 Å². The van der Waals surface area contributed by atoms with Crippen LogP contribution in [-0.2, 0) is 11.3 Å². The Hall–Kier alpha value is -2.96. The Bertz CT molecular complexity index is 1040. The monoisotopic (exact) mass is 390 g/mol. The maximum Gasteiger partial charge on any atom is 0.129 e. The number of hydrogen-bond acceptors (Lipinski definition) is 5. The molecule has 2 heterocycles. The first-order valence-corrected chi connectivity index (χ1v) is 9.77. The van der Waals surface area contributed by atoms with Gasteiger partial charge >= 0.3 is 0 Å². The number of nitrogens with one attached hydrogen (secondary N) is 1. The molecule has 0 saturated heterocycles. The van der Waals surface area contributed by atoms with E-state index < -0.39 is 0 Å². The number of aromatic amines is 1. The Balaban J connectivity index is 1.44. The summed E-state index contributed by atoms with van der Waals surface area (Å²) >= 11 is 0. The first-order valence-electron chi connectivity index (χ1n) is 9.77. The third kappa shape index (κ3) is 4.55. The normalized spacial score (nSPS) is 14.6. The largest absolute Gasteiger partial charge is 0.457 e. The van der Waals surface area contributed by atoms with E-state index in [1.807, 2.05) is 42.6 Å². The molecule has 0 spiro atoms. The fraction of sp³-hybridized carbons (Fsp3) is 0.304. The predicted octanol–water partition coefficient (Wildman–Crippen LogP) is 4.29. The fourth-order valence-electron chi connectivity index (χ4n) is 3.35. The van der Waals surface area contributed by atoms with Crippen LogP contribution in [-0.4, -0.2) is 54.4 Å². The number of imidazole rings is 1. The van der Waals surface area contributed by atoms with Crippen LogP contribution >= 0.6 is 0 Å². The van der Waals surface area contributed by atoms with Gasteiger partial charge in [0, 0.05) is 25.4 Å². The van der Waals surface area contributed by atoms with Crippen molar-refractivity contribution in [2.75, 3.05) is 27.3 Å². The number of rotatable bonds is 8. The van der Waals surface area contributed by atoms with E-state index in [0.29, 0.717) is 12.6 Å². The number of hydrogen-bond donors (Lipinski definition) is 1. The van der Waals surface area contributed by atoms with Gasteiger partial charge in [-0.15, -0.1) is 0 Å². The molecule has 29 heavy (non-hydrogen) atoms. The van der Waals surface area contributed by atoms with Crippen LogP contribution < -0.4 is 4.74 Å². The van der Waals surface area contributed by atoms with Gasteiger partial charge < -0.3 is 14.5 Å². The Morgan fingerprint density at radius 1 is 1.14 bits per heavy atom. The molecule has 6 nitrogen and oxygen atoms in total. The summed E-state index contributed by atoms with van der Waals surface area (Å²) in [7, 11) is 3.80. The van der Waals surface area contributed by atoms with Crippen LogP contribution in [0.5, 0.6) is 11.5 Å². The summed E-state index contributed by atoms with van der Waals surface area (Å²) in [6.07, 6.45) is 3.90. The number of aromatic nitrogens is 2. The number of methoxy groups -OCH3 is 1. The second-order valence-electron chi connectivity index (χ2n) is 7.39. The fourth-order valence-corrected chi connectivity index (χ4v) is 3.35. The molecule has 6 heteroatoms. The molecule has 150 valence electrons. The summed E-state index contributed by atoms with van der Waals surface area (Å²) in [6, 6.07) is 14.4. The average Bonchev–Trinajstić information content (AvgIpc) is 3.38. The van der Waals surface area contributed by atoms with Crippen molar-refractivity contribution in [2.45, 2.75) is 19.5 Å². The number of likely N-dealkylation sites (N-methyl/N-ethyl adjacent to an activating group) is 1. The number of ether oxygens (including phenoxy) is 2. The SMILES string of the molecule is COC[C@H](C)N(C)Cc1nc2ccc(Oc3ccc(C4=CC=NC4)cc3)cc2[nH]1. The van der Waals surface area contributed by atoms with Crippen LogP contribution in [0.1, 0.15) is 18.3 Å². The molecule has 0 fully saturated rings. The second kappa shape index (κ2) is 8.59. The molecule has 3 aromatic rings. The number of fused-ring (bicyclic) bond motifs is 1. The van der Waals surface area contributed by atoms with Crippen molar-refractivity contribution in [1.82, 2.24) is 14.9 Å². The lowest BCUT2D eigenvalue weighted by molar-refractivity contribution is 0.110. The summed E-state index contributed by atoms with van der Waals surface area (Å²) in [5.74, 6) is 2.52. The van der Waals surface area contributed by atoms with E-state index in [1.165, 1.54) is 11.1 Å². The lowest BCUT2D eigenvalue weighted by Gasteiger charge is -2.22. The minimum absolute atomic E-state index is 0.321.